The number of hydrogen-bond acceptors (Lipinski definition) is 6. The van der Waals surface area contributed by atoms with E-state index in [9.17, 15) is 14.7 Å². The highest BCUT2D eigenvalue weighted by Gasteiger charge is 2.44. The molecule has 0 aromatic heterocycles. The number of carbonyl (C=O) groups excluding carboxylic acids is 2. The second kappa shape index (κ2) is 8.22. The molecule has 0 aliphatic carbocycles. The van der Waals surface area contributed by atoms with Gasteiger partial charge < -0.3 is 9.90 Å². The molecular formula is C22H15N4O3S-. The number of aromatic carboxylic acids is 1. The van der Waals surface area contributed by atoms with Crippen molar-refractivity contribution in [3.63, 3.8) is 0 Å². The monoisotopic (exact) mass is 415 g/mol. The third-order valence-electron chi connectivity index (χ3n) is 4.53. The van der Waals surface area contributed by atoms with E-state index in [1.807, 2.05) is 48.5 Å². The van der Waals surface area contributed by atoms with Crippen molar-refractivity contribution in [1.29, 1.82) is 0 Å². The largest absolute Gasteiger partial charge is 0.545 e. The van der Waals surface area contributed by atoms with Gasteiger partial charge in [-0.25, -0.2) is 0 Å². The van der Waals surface area contributed by atoms with Gasteiger partial charge in [-0.1, -0.05) is 54.6 Å². The lowest BCUT2D eigenvalue weighted by Crippen LogP contribution is -2.33. The zero-order valence-electron chi connectivity index (χ0n) is 15.6. The van der Waals surface area contributed by atoms with Crippen molar-refractivity contribution in [2.45, 2.75) is 6.17 Å². The zero-order chi connectivity index (χ0) is 21.1. The molecule has 30 heavy (non-hydrogen) atoms. The molecule has 7 nitrogen and oxygen atoms in total. The summed E-state index contributed by atoms with van der Waals surface area (Å²) >= 11 is 5.60. The van der Waals surface area contributed by atoms with Gasteiger partial charge in [0.2, 0.25) is 6.17 Å². The van der Waals surface area contributed by atoms with Crippen LogP contribution in [0.5, 0.6) is 0 Å². The zero-order valence-corrected chi connectivity index (χ0v) is 16.4. The van der Waals surface area contributed by atoms with E-state index < -0.39 is 12.1 Å². The highest BCUT2D eigenvalue weighted by atomic mass is 32.1. The van der Waals surface area contributed by atoms with Crippen LogP contribution in [0.2, 0.25) is 0 Å². The Morgan fingerprint density at radius 3 is 2.07 bits per heavy atom. The summed E-state index contributed by atoms with van der Waals surface area (Å²) in [6.45, 7) is 0. The van der Waals surface area contributed by atoms with Gasteiger partial charge in [-0.05, 0) is 42.5 Å². The van der Waals surface area contributed by atoms with Crippen molar-refractivity contribution in [1.82, 2.24) is 0 Å². The number of carboxylic acids is 1. The fourth-order valence-corrected chi connectivity index (χ4v) is 3.54. The molecule has 0 radical (unpaired) electrons. The van der Waals surface area contributed by atoms with E-state index in [1.165, 1.54) is 17.0 Å². The molecule has 1 fully saturated rings. The first-order valence-electron chi connectivity index (χ1n) is 9.06. The van der Waals surface area contributed by atoms with Crippen molar-refractivity contribution in [3.8, 4) is 0 Å². The molecule has 3 aromatic carbocycles. The number of amides is 1. The summed E-state index contributed by atoms with van der Waals surface area (Å²) < 4.78 is 0. The van der Waals surface area contributed by atoms with Gasteiger partial charge in [0, 0.05) is 11.3 Å². The number of thiocarbonyl (C=S) groups is 1. The van der Waals surface area contributed by atoms with Crippen LogP contribution in [0.25, 0.3) is 0 Å². The molecular weight excluding hydrogens is 400 g/mol. The number of carbonyl (C=O) groups is 2. The Labute approximate surface area is 177 Å². The number of anilines is 2. The van der Waals surface area contributed by atoms with Crippen molar-refractivity contribution >= 4 is 46.3 Å². The van der Waals surface area contributed by atoms with Crippen LogP contribution in [0.1, 0.15) is 10.4 Å². The van der Waals surface area contributed by atoms with Crippen molar-refractivity contribution in [2.75, 3.05) is 9.80 Å². The number of benzene rings is 3. The number of azo groups is 1. The standard InChI is InChI=1S/C22H16N4O3S/c27-20-19(24-23-18-14-8-7-13-17(18)21(28)29)25(15-9-3-1-4-10-15)22(30)26(20)16-11-5-2-6-12-16/h1-14,19H,(H,28,29)/p-1/t19-/m0/s1. The minimum atomic E-state index is -1.37. The van der Waals surface area contributed by atoms with E-state index >= 15 is 0 Å². The lowest BCUT2D eigenvalue weighted by Gasteiger charge is -2.21. The molecule has 0 bridgehead atoms. The fraction of sp³-hybridized carbons (Fsp3) is 0.0455. The number of carboxylic acid groups (broad SMARTS) is 1. The molecule has 0 unspecified atom stereocenters. The van der Waals surface area contributed by atoms with Gasteiger partial charge in [0.15, 0.2) is 5.11 Å². The summed E-state index contributed by atoms with van der Waals surface area (Å²) in [6, 6.07) is 24.2. The van der Waals surface area contributed by atoms with Gasteiger partial charge in [0.25, 0.3) is 5.91 Å². The summed E-state index contributed by atoms with van der Waals surface area (Å²) in [5.41, 5.74) is 1.27. The molecule has 1 saturated heterocycles. The summed E-state index contributed by atoms with van der Waals surface area (Å²) in [6.07, 6.45) is -1.07. The van der Waals surface area contributed by atoms with Crippen LogP contribution in [-0.4, -0.2) is 23.2 Å². The topological polar surface area (TPSA) is 88.4 Å². The molecule has 0 spiro atoms. The van der Waals surface area contributed by atoms with Gasteiger partial charge in [-0.15, -0.1) is 0 Å². The van der Waals surface area contributed by atoms with Crippen LogP contribution in [0.15, 0.2) is 95.2 Å². The normalized spacial score (nSPS) is 16.5. The molecule has 0 saturated carbocycles. The molecule has 8 heteroatoms. The summed E-state index contributed by atoms with van der Waals surface area (Å²) in [7, 11) is 0. The number of para-hydroxylation sites is 2. The first kappa shape index (κ1) is 19.4. The van der Waals surface area contributed by atoms with Crippen LogP contribution >= 0.6 is 12.2 Å². The average Bonchev–Trinajstić information content (AvgIpc) is 3.03. The third kappa shape index (κ3) is 3.56. The SMILES string of the molecule is O=C([O-])c1ccccc1N=N[C@@H]1C(=O)N(c2ccccc2)C(=S)N1c1ccccc1. The van der Waals surface area contributed by atoms with E-state index in [0.717, 1.165) is 0 Å². The number of rotatable bonds is 5. The Balaban J connectivity index is 1.77. The Kier molecular flexibility index (Phi) is 5.32. The van der Waals surface area contributed by atoms with Gasteiger partial charge >= 0.3 is 0 Å². The van der Waals surface area contributed by atoms with Gasteiger partial charge in [-0.2, -0.15) is 10.2 Å². The van der Waals surface area contributed by atoms with Crippen LogP contribution in [0.3, 0.4) is 0 Å². The Morgan fingerprint density at radius 1 is 0.867 bits per heavy atom. The quantitative estimate of drug-likeness (QED) is 0.471. The van der Waals surface area contributed by atoms with E-state index in [1.54, 1.807) is 29.2 Å². The molecule has 1 amide bonds. The smallest absolute Gasteiger partial charge is 0.281 e. The van der Waals surface area contributed by atoms with Crippen LogP contribution in [0.4, 0.5) is 17.1 Å². The molecule has 1 aliphatic heterocycles. The number of hydrogen-bond donors (Lipinski definition) is 0. The molecule has 1 heterocycles. The second-order valence-corrected chi connectivity index (χ2v) is 6.76. The predicted octanol–water partition coefficient (Wildman–Crippen LogP) is 3.30. The third-order valence-corrected chi connectivity index (χ3v) is 4.91. The van der Waals surface area contributed by atoms with Crippen molar-refractivity contribution in [3.05, 3.63) is 90.5 Å². The van der Waals surface area contributed by atoms with E-state index in [-0.39, 0.29) is 22.3 Å². The first-order valence-corrected chi connectivity index (χ1v) is 9.47. The fourth-order valence-electron chi connectivity index (χ4n) is 3.14. The van der Waals surface area contributed by atoms with Gasteiger partial charge in [0.1, 0.15) is 0 Å². The lowest BCUT2D eigenvalue weighted by atomic mass is 10.2. The second-order valence-electron chi connectivity index (χ2n) is 6.39. The Hall–Kier alpha value is -3.91. The van der Waals surface area contributed by atoms with Crippen LogP contribution < -0.4 is 14.9 Å². The summed E-state index contributed by atoms with van der Waals surface area (Å²) in [5.74, 6) is -1.76. The number of nitrogens with zero attached hydrogens (tertiary/aromatic N) is 4. The van der Waals surface area contributed by atoms with E-state index in [4.69, 9.17) is 12.2 Å². The minimum Gasteiger partial charge on any atom is -0.545 e. The van der Waals surface area contributed by atoms with E-state index in [0.29, 0.717) is 11.4 Å². The predicted molar refractivity (Wildman–Crippen MR) is 115 cm³/mol. The minimum absolute atomic E-state index is 0.0994. The maximum atomic E-state index is 13.3. The highest BCUT2D eigenvalue weighted by molar-refractivity contribution is 7.81. The average molecular weight is 415 g/mol. The van der Waals surface area contributed by atoms with Crippen molar-refractivity contribution in [2.24, 2.45) is 10.2 Å². The molecule has 4 rings (SSSR count). The van der Waals surface area contributed by atoms with Gasteiger partial charge in [-0.3, -0.25) is 14.6 Å². The van der Waals surface area contributed by atoms with Crippen LogP contribution in [0, 0.1) is 0 Å². The lowest BCUT2D eigenvalue weighted by molar-refractivity contribution is -0.254. The molecule has 1 atom stereocenters. The maximum absolute atomic E-state index is 13.3. The maximum Gasteiger partial charge on any atom is 0.281 e. The highest BCUT2D eigenvalue weighted by Crippen LogP contribution is 2.31. The molecule has 1 aliphatic rings. The van der Waals surface area contributed by atoms with Gasteiger partial charge in [0.05, 0.1) is 17.3 Å². The van der Waals surface area contributed by atoms with Crippen LogP contribution in [-0.2, 0) is 4.79 Å². The molecule has 0 N–H and O–H groups in total. The van der Waals surface area contributed by atoms with Crippen molar-refractivity contribution < 1.29 is 14.7 Å². The summed E-state index contributed by atoms with van der Waals surface area (Å²) in [5, 5.41) is 19.8. The first-order chi connectivity index (χ1) is 14.6. The Bertz CT molecular complexity index is 1140. The van der Waals surface area contributed by atoms with E-state index in [2.05, 4.69) is 10.2 Å². The Morgan fingerprint density at radius 2 is 1.43 bits per heavy atom. The molecule has 148 valence electrons. The molecule has 3 aromatic rings. The summed E-state index contributed by atoms with van der Waals surface area (Å²) in [4.78, 5) is 27.6.